The molecule has 0 spiro atoms. The second-order valence-corrected chi connectivity index (χ2v) is 9.52. The number of benzene rings is 2. The molecule has 1 fully saturated rings. The summed E-state index contributed by atoms with van der Waals surface area (Å²) in [6.07, 6.45) is 7.39. The van der Waals surface area contributed by atoms with Crippen LogP contribution in [0.5, 0.6) is 0 Å². The highest BCUT2D eigenvalue weighted by molar-refractivity contribution is 5.76. The van der Waals surface area contributed by atoms with E-state index >= 15 is 0 Å². The number of hydrogen-bond donors (Lipinski definition) is 1. The molecular formula is C29H31N5O. The lowest BCUT2D eigenvalue weighted by Crippen LogP contribution is -2.45. The second kappa shape index (κ2) is 9.10. The quantitative estimate of drug-likeness (QED) is 0.415. The van der Waals surface area contributed by atoms with Gasteiger partial charge in [0.05, 0.1) is 29.7 Å². The van der Waals surface area contributed by atoms with Crippen molar-refractivity contribution in [1.29, 1.82) is 0 Å². The Bertz CT molecular complexity index is 1320. The van der Waals surface area contributed by atoms with Gasteiger partial charge < -0.3 is 14.8 Å². The Morgan fingerprint density at radius 2 is 1.69 bits per heavy atom. The van der Waals surface area contributed by atoms with E-state index in [1.165, 1.54) is 12.8 Å². The number of nitrogens with one attached hydrogen (secondary N) is 1. The highest BCUT2D eigenvalue weighted by Gasteiger charge is 2.36. The number of rotatable bonds is 4. The summed E-state index contributed by atoms with van der Waals surface area (Å²) in [5, 5.41) is 8.39. The second-order valence-electron chi connectivity index (χ2n) is 9.52. The first kappa shape index (κ1) is 21.7. The van der Waals surface area contributed by atoms with Crippen LogP contribution in [0.2, 0.25) is 0 Å². The first-order chi connectivity index (χ1) is 17.2. The lowest BCUT2D eigenvalue weighted by atomic mass is 10.0. The lowest BCUT2D eigenvalue weighted by Gasteiger charge is -2.32. The molecule has 2 aromatic heterocycles. The van der Waals surface area contributed by atoms with Crippen molar-refractivity contribution in [3.05, 3.63) is 102 Å². The number of aryl methyl sites for hydroxylation is 1. The van der Waals surface area contributed by atoms with E-state index in [2.05, 4.69) is 71.5 Å². The van der Waals surface area contributed by atoms with Gasteiger partial charge in [-0.05, 0) is 49.1 Å². The standard InChI is InChI=1S/C29H31N5O/c1-2-25-24-20-33(29(35)30-22-14-9-10-15-22)27(21-12-5-3-6-13-21)26-18-11-19-32(26)28(24)34(31-25)23-16-7-4-8-17-23/h3-8,11-13,16-19,22,27H,2,9-10,14-15,20H2,1H3,(H,30,35)/t27-/m0/s1. The molecule has 0 saturated heterocycles. The third-order valence-electron chi connectivity index (χ3n) is 7.36. The summed E-state index contributed by atoms with van der Waals surface area (Å²) in [6, 6.07) is 24.9. The van der Waals surface area contributed by atoms with Gasteiger partial charge in [0.25, 0.3) is 0 Å². The molecular weight excluding hydrogens is 434 g/mol. The Kier molecular flexibility index (Phi) is 5.64. The van der Waals surface area contributed by atoms with E-state index < -0.39 is 0 Å². The molecule has 6 nitrogen and oxygen atoms in total. The van der Waals surface area contributed by atoms with Crippen LogP contribution < -0.4 is 5.32 Å². The van der Waals surface area contributed by atoms with Gasteiger partial charge in [-0.25, -0.2) is 9.48 Å². The first-order valence-electron chi connectivity index (χ1n) is 12.7. The third kappa shape index (κ3) is 3.83. The number of aromatic nitrogens is 3. The van der Waals surface area contributed by atoms with Gasteiger partial charge in [0, 0.05) is 17.8 Å². The van der Waals surface area contributed by atoms with E-state index in [1.54, 1.807) is 0 Å². The van der Waals surface area contributed by atoms with E-state index in [4.69, 9.17) is 5.10 Å². The van der Waals surface area contributed by atoms with Crippen molar-refractivity contribution in [2.75, 3.05) is 0 Å². The van der Waals surface area contributed by atoms with Crippen molar-refractivity contribution in [3.8, 4) is 11.5 Å². The van der Waals surface area contributed by atoms with E-state index in [0.29, 0.717) is 6.54 Å². The van der Waals surface area contributed by atoms with Crippen LogP contribution in [0, 0.1) is 0 Å². The van der Waals surface area contributed by atoms with Gasteiger partial charge in [0.1, 0.15) is 5.82 Å². The molecule has 3 heterocycles. The molecule has 2 aliphatic rings. The van der Waals surface area contributed by atoms with Crippen molar-refractivity contribution in [2.24, 2.45) is 0 Å². The van der Waals surface area contributed by atoms with Crippen LogP contribution in [0.25, 0.3) is 11.5 Å². The number of nitrogens with zero attached hydrogens (tertiary/aromatic N) is 4. The molecule has 4 aromatic rings. The molecule has 1 aliphatic heterocycles. The summed E-state index contributed by atoms with van der Waals surface area (Å²) in [4.78, 5) is 15.9. The lowest BCUT2D eigenvalue weighted by molar-refractivity contribution is 0.176. The number of carbonyl (C=O) groups is 1. The van der Waals surface area contributed by atoms with Gasteiger partial charge in [-0.2, -0.15) is 5.10 Å². The van der Waals surface area contributed by atoms with Crippen LogP contribution in [0.1, 0.15) is 61.2 Å². The average Bonchev–Trinajstić information content (AvgIpc) is 3.64. The maximum Gasteiger partial charge on any atom is 0.318 e. The number of fused-ring (bicyclic) bond motifs is 3. The van der Waals surface area contributed by atoms with E-state index in [9.17, 15) is 4.79 Å². The van der Waals surface area contributed by atoms with Gasteiger partial charge in [-0.3, -0.25) is 0 Å². The molecule has 1 saturated carbocycles. The summed E-state index contributed by atoms with van der Waals surface area (Å²) in [6.45, 7) is 2.64. The Morgan fingerprint density at radius 1 is 0.971 bits per heavy atom. The fourth-order valence-corrected chi connectivity index (χ4v) is 5.66. The molecule has 0 unspecified atom stereocenters. The van der Waals surface area contributed by atoms with Gasteiger partial charge in [-0.15, -0.1) is 0 Å². The smallest absolute Gasteiger partial charge is 0.318 e. The summed E-state index contributed by atoms with van der Waals surface area (Å²) < 4.78 is 4.27. The minimum atomic E-state index is -0.200. The van der Waals surface area contributed by atoms with Crippen LogP contribution in [-0.2, 0) is 13.0 Å². The van der Waals surface area contributed by atoms with Crippen molar-refractivity contribution in [1.82, 2.24) is 24.6 Å². The molecule has 6 rings (SSSR count). The van der Waals surface area contributed by atoms with Crippen LogP contribution in [-0.4, -0.2) is 31.3 Å². The van der Waals surface area contributed by atoms with Gasteiger partial charge >= 0.3 is 6.03 Å². The zero-order valence-corrected chi connectivity index (χ0v) is 20.1. The third-order valence-corrected chi connectivity index (χ3v) is 7.36. The van der Waals surface area contributed by atoms with Crippen LogP contribution in [0.15, 0.2) is 79.0 Å². The molecule has 0 bridgehead atoms. The monoisotopic (exact) mass is 465 g/mol. The maximum absolute atomic E-state index is 13.9. The van der Waals surface area contributed by atoms with Gasteiger partial charge in [0.15, 0.2) is 0 Å². The van der Waals surface area contributed by atoms with Crippen molar-refractivity contribution < 1.29 is 4.79 Å². The average molecular weight is 466 g/mol. The molecule has 6 heteroatoms. The Morgan fingerprint density at radius 3 is 2.40 bits per heavy atom. The molecule has 1 atom stereocenters. The zero-order chi connectivity index (χ0) is 23.8. The molecule has 1 aliphatic carbocycles. The number of carbonyl (C=O) groups excluding carboxylic acids is 1. The van der Waals surface area contributed by atoms with Crippen molar-refractivity contribution >= 4 is 6.03 Å². The summed E-state index contributed by atoms with van der Waals surface area (Å²) in [5.74, 6) is 1.02. The van der Waals surface area contributed by atoms with Crippen LogP contribution >= 0.6 is 0 Å². The first-order valence-corrected chi connectivity index (χ1v) is 12.7. The highest BCUT2D eigenvalue weighted by Crippen LogP contribution is 2.38. The highest BCUT2D eigenvalue weighted by atomic mass is 16.2. The SMILES string of the molecule is CCc1nn(-c2ccccc2)c2c1CN(C(=O)NC1CCCC1)[C@@H](c1ccccc1)c1cccn1-2. The van der Waals surface area contributed by atoms with E-state index in [0.717, 1.165) is 53.3 Å². The van der Waals surface area contributed by atoms with E-state index in [1.807, 2.05) is 33.8 Å². The molecule has 2 amide bonds. The Hall–Kier alpha value is -3.80. The predicted octanol–water partition coefficient (Wildman–Crippen LogP) is 5.78. The van der Waals surface area contributed by atoms with Gasteiger partial charge in [-0.1, -0.05) is 68.3 Å². The molecule has 35 heavy (non-hydrogen) atoms. The minimum Gasteiger partial charge on any atom is -0.335 e. The summed E-state index contributed by atoms with van der Waals surface area (Å²) in [7, 11) is 0. The summed E-state index contributed by atoms with van der Waals surface area (Å²) in [5.41, 5.74) is 5.32. The predicted molar refractivity (Wildman–Crippen MR) is 137 cm³/mol. The van der Waals surface area contributed by atoms with Gasteiger partial charge in [0.2, 0.25) is 0 Å². The topological polar surface area (TPSA) is 55.1 Å². The zero-order valence-electron chi connectivity index (χ0n) is 20.1. The number of para-hydroxylation sites is 1. The van der Waals surface area contributed by atoms with Crippen LogP contribution in [0.3, 0.4) is 0 Å². The summed E-state index contributed by atoms with van der Waals surface area (Å²) >= 11 is 0. The van der Waals surface area contributed by atoms with E-state index in [-0.39, 0.29) is 18.1 Å². The Labute approximate surface area is 206 Å². The largest absolute Gasteiger partial charge is 0.335 e. The fourth-order valence-electron chi connectivity index (χ4n) is 5.66. The molecule has 0 radical (unpaired) electrons. The van der Waals surface area contributed by atoms with Crippen LogP contribution in [0.4, 0.5) is 4.79 Å². The fraction of sp³-hybridized carbons (Fsp3) is 0.310. The normalized spacial score (nSPS) is 17.6. The molecule has 2 aromatic carbocycles. The number of amides is 2. The number of urea groups is 1. The number of hydrogen-bond acceptors (Lipinski definition) is 2. The van der Waals surface area contributed by atoms with Crippen molar-refractivity contribution in [2.45, 2.75) is 57.7 Å². The van der Waals surface area contributed by atoms with Crippen molar-refractivity contribution in [3.63, 3.8) is 0 Å². The maximum atomic E-state index is 13.9. The minimum absolute atomic E-state index is 0.000803. The molecule has 1 N–H and O–H groups in total. The molecule has 178 valence electrons. The Balaban J connectivity index is 1.54.